The third kappa shape index (κ3) is 2.72. The number of amides is 1. The molecule has 0 bridgehead atoms. The summed E-state index contributed by atoms with van der Waals surface area (Å²) in [6.45, 7) is 4.08. The maximum Gasteiger partial charge on any atom is 0.292 e. The highest BCUT2D eigenvalue weighted by atomic mass is 16.6. The van der Waals surface area contributed by atoms with E-state index in [2.05, 4.69) is 4.90 Å². The van der Waals surface area contributed by atoms with Crippen molar-refractivity contribution in [1.29, 1.82) is 0 Å². The molecule has 1 saturated heterocycles. The summed E-state index contributed by atoms with van der Waals surface area (Å²) < 4.78 is 0. The van der Waals surface area contributed by atoms with Crippen LogP contribution in [-0.4, -0.2) is 53.4 Å². The fourth-order valence-electron chi connectivity index (χ4n) is 2.25. The van der Waals surface area contributed by atoms with Gasteiger partial charge < -0.3 is 15.5 Å². The molecule has 20 heavy (non-hydrogen) atoms. The summed E-state index contributed by atoms with van der Waals surface area (Å²) in [6, 6.07) is 4.47. The molecule has 1 heterocycles. The largest absolute Gasteiger partial charge is 0.393 e. The van der Waals surface area contributed by atoms with Gasteiger partial charge in [0.05, 0.1) is 4.92 Å². The normalized spacial score (nSPS) is 19.9. The van der Waals surface area contributed by atoms with Crippen molar-refractivity contribution >= 4 is 17.3 Å². The lowest BCUT2D eigenvalue weighted by Gasteiger charge is -2.37. The maximum absolute atomic E-state index is 12.4. The van der Waals surface area contributed by atoms with Crippen LogP contribution in [0.1, 0.15) is 17.3 Å². The molecule has 108 valence electrons. The molecular formula is C13H18N4O3. The van der Waals surface area contributed by atoms with E-state index >= 15 is 0 Å². The summed E-state index contributed by atoms with van der Waals surface area (Å²) in [5.74, 6) is -0.187. The Morgan fingerprint density at radius 3 is 2.75 bits per heavy atom. The van der Waals surface area contributed by atoms with Crippen LogP contribution in [0.5, 0.6) is 0 Å². The molecule has 1 aromatic rings. The second kappa shape index (κ2) is 5.46. The molecule has 7 nitrogen and oxygen atoms in total. The molecule has 1 aliphatic rings. The Kier molecular flexibility index (Phi) is 3.89. The van der Waals surface area contributed by atoms with Crippen molar-refractivity contribution < 1.29 is 9.72 Å². The Morgan fingerprint density at radius 2 is 2.15 bits per heavy atom. The number of likely N-dealkylation sites (N-methyl/N-ethyl adjacent to an activating group) is 1. The van der Waals surface area contributed by atoms with Crippen LogP contribution < -0.4 is 5.73 Å². The van der Waals surface area contributed by atoms with Gasteiger partial charge in [0, 0.05) is 37.3 Å². The summed E-state index contributed by atoms with van der Waals surface area (Å²) in [5.41, 5.74) is 5.69. The number of hydrogen-bond acceptors (Lipinski definition) is 5. The van der Waals surface area contributed by atoms with Crippen LogP contribution in [0, 0.1) is 10.1 Å². The Morgan fingerprint density at radius 1 is 1.45 bits per heavy atom. The lowest BCUT2D eigenvalue weighted by atomic mass is 10.1. The second-order valence-electron chi connectivity index (χ2n) is 5.11. The molecule has 0 saturated carbocycles. The maximum atomic E-state index is 12.4. The number of benzene rings is 1. The first-order valence-electron chi connectivity index (χ1n) is 6.43. The topological polar surface area (TPSA) is 92.7 Å². The third-order valence-corrected chi connectivity index (χ3v) is 3.72. The van der Waals surface area contributed by atoms with E-state index in [9.17, 15) is 14.9 Å². The smallest absolute Gasteiger partial charge is 0.292 e. The van der Waals surface area contributed by atoms with E-state index in [1.807, 2.05) is 14.0 Å². The zero-order valence-electron chi connectivity index (χ0n) is 11.6. The number of nitrogens with zero attached hydrogens (tertiary/aromatic N) is 3. The number of nitro benzene ring substituents is 1. The van der Waals surface area contributed by atoms with E-state index in [1.165, 1.54) is 18.2 Å². The van der Waals surface area contributed by atoms with Crippen molar-refractivity contribution in [2.24, 2.45) is 0 Å². The van der Waals surface area contributed by atoms with Gasteiger partial charge in [0.2, 0.25) is 0 Å². The quantitative estimate of drug-likeness (QED) is 0.494. The number of nitrogens with two attached hydrogens (primary N) is 1. The molecule has 1 aromatic carbocycles. The molecular weight excluding hydrogens is 260 g/mol. The van der Waals surface area contributed by atoms with Crippen molar-refractivity contribution in [2.75, 3.05) is 32.4 Å². The molecule has 0 aromatic heterocycles. The molecule has 0 radical (unpaired) electrons. The number of carbonyl (C=O) groups is 1. The van der Waals surface area contributed by atoms with Gasteiger partial charge in [-0.3, -0.25) is 14.9 Å². The van der Waals surface area contributed by atoms with Gasteiger partial charge in [-0.25, -0.2) is 0 Å². The van der Waals surface area contributed by atoms with E-state index in [0.717, 1.165) is 6.54 Å². The lowest BCUT2D eigenvalue weighted by molar-refractivity contribution is -0.383. The lowest BCUT2D eigenvalue weighted by Crippen LogP contribution is -2.52. The Balaban J connectivity index is 2.21. The number of nitrogen functional groups attached to an aromatic ring is 1. The summed E-state index contributed by atoms with van der Waals surface area (Å²) in [7, 11) is 2.01. The first kappa shape index (κ1) is 14.3. The number of hydrogen-bond donors (Lipinski definition) is 1. The van der Waals surface area contributed by atoms with Crippen LogP contribution in [0.3, 0.4) is 0 Å². The first-order valence-corrected chi connectivity index (χ1v) is 6.43. The SMILES string of the molecule is CC1CN(C(=O)c2ccc(N)c([N+](=O)[O-])c2)CCN1C. The standard InChI is InChI=1S/C13H18N4O3/c1-9-8-16(6-5-15(9)2)13(18)10-3-4-11(14)12(7-10)17(19)20/h3-4,7,9H,5-6,8,14H2,1-2H3. The van der Waals surface area contributed by atoms with Gasteiger partial charge in [0.25, 0.3) is 11.6 Å². The molecule has 0 spiro atoms. The van der Waals surface area contributed by atoms with Crippen LogP contribution in [-0.2, 0) is 0 Å². The predicted octanol–water partition coefficient (Wildman–Crippen LogP) is 0.953. The average Bonchev–Trinajstić information content (AvgIpc) is 2.41. The summed E-state index contributed by atoms with van der Waals surface area (Å²) in [6.07, 6.45) is 0. The molecule has 0 aliphatic carbocycles. The monoisotopic (exact) mass is 278 g/mol. The number of nitro groups is 1. The van der Waals surface area contributed by atoms with Gasteiger partial charge in [-0.1, -0.05) is 0 Å². The molecule has 7 heteroatoms. The van der Waals surface area contributed by atoms with Crippen LogP contribution in [0.4, 0.5) is 11.4 Å². The zero-order chi connectivity index (χ0) is 14.9. The summed E-state index contributed by atoms with van der Waals surface area (Å²) in [5, 5.41) is 10.9. The van der Waals surface area contributed by atoms with Crippen LogP contribution in [0.25, 0.3) is 0 Å². The van der Waals surface area contributed by atoms with E-state index in [-0.39, 0.29) is 23.3 Å². The van der Waals surface area contributed by atoms with Crippen LogP contribution in [0.15, 0.2) is 18.2 Å². The van der Waals surface area contributed by atoms with E-state index in [0.29, 0.717) is 18.7 Å². The van der Waals surface area contributed by atoms with E-state index in [1.54, 1.807) is 4.90 Å². The number of anilines is 1. The van der Waals surface area contributed by atoms with Gasteiger partial charge in [-0.2, -0.15) is 0 Å². The molecule has 2 rings (SSSR count). The first-order chi connectivity index (χ1) is 9.40. The van der Waals surface area contributed by atoms with Crippen molar-refractivity contribution in [3.8, 4) is 0 Å². The van der Waals surface area contributed by atoms with E-state index < -0.39 is 4.92 Å². The Bertz CT molecular complexity index is 546. The Labute approximate surface area is 117 Å². The minimum absolute atomic E-state index is 0.0679. The van der Waals surface area contributed by atoms with Crippen molar-refractivity contribution in [1.82, 2.24) is 9.80 Å². The third-order valence-electron chi connectivity index (χ3n) is 3.72. The average molecular weight is 278 g/mol. The van der Waals surface area contributed by atoms with Gasteiger partial charge in [-0.05, 0) is 26.1 Å². The molecule has 1 atom stereocenters. The fourth-order valence-corrected chi connectivity index (χ4v) is 2.25. The second-order valence-corrected chi connectivity index (χ2v) is 5.11. The highest BCUT2D eigenvalue weighted by molar-refractivity contribution is 5.95. The number of carbonyl (C=O) groups excluding carboxylic acids is 1. The van der Waals surface area contributed by atoms with Crippen molar-refractivity contribution in [3.63, 3.8) is 0 Å². The number of rotatable bonds is 2. The number of piperazine rings is 1. The van der Waals surface area contributed by atoms with Gasteiger partial charge in [0.15, 0.2) is 0 Å². The Hall–Kier alpha value is -2.15. The minimum atomic E-state index is -0.571. The zero-order valence-corrected chi connectivity index (χ0v) is 11.6. The highest BCUT2D eigenvalue weighted by Crippen LogP contribution is 2.23. The van der Waals surface area contributed by atoms with Gasteiger partial charge in [0.1, 0.15) is 5.69 Å². The highest BCUT2D eigenvalue weighted by Gasteiger charge is 2.26. The van der Waals surface area contributed by atoms with Crippen molar-refractivity contribution in [2.45, 2.75) is 13.0 Å². The van der Waals surface area contributed by atoms with E-state index in [4.69, 9.17) is 5.73 Å². The fraction of sp³-hybridized carbons (Fsp3) is 0.462. The van der Waals surface area contributed by atoms with Crippen LogP contribution in [0.2, 0.25) is 0 Å². The predicted molar refractivity (Wildman–Crippen MR) is 75.5 cm³/mol. The van der Waals surface area contributed by atoms with Crippen LogP contribution >= 0.6 is 0 Å². The molecule has 1 amide bonds. The molecule has 1 aliphatic heterocycles. The minimum Gasteiger partial charge on any atom is -0.393 e. The summed E-state index contributed by atoms with van der Waals surface area (Å²) >= 11 is 0. The van der Waals surface area contributed by atoms with Gasteiger partial charge in [-0.15, -0.1) is 0 Å². The van der Waals surface area contributed by atoms with Crippen molar-refractivity contribution in [3.05, 3.63) is 33.9 Å². The molecule has 1 fully saturated rings. The summed E-state index contributed by atoms with van der Waals surface area (Å²) in [4.78, 5) is 26.6. The van der Waals surface area contributed by atoms with Gasteiger partial charge >= 0.3 is 0 Å². The molecule has 2 N–H and O–H groups in total. The molecule has 1 unspecified atom stereocenters.